The van der Waals surface area contributed by atoms with E-state index in [1.165, 1.54) is 19.3 Å². The predicted octanol–water partition coefficient (Wildman–Crippen LogP) is 5.22. The van der Waals surface area contributed by atoms with E-state index in [1.54, 1.807) is 0 Å². The van der Waals surface area contributed by atoms with Gasteiger partial charge in [-0.05, 0) is 49.2 Å². The Balaban J connectivity index is 1.98. The number of rotatable bonds is 2. The first-order valence-electron chi connectivity index (χ1n) is 8.51. The highest BCUT2D eigenvalue weighted by Gasteiger charge is 2.22. The molecule has 1 fully saturated rings. The Hall–Kier alpha value is -2.13. The number of aromatic nitrogens is 2. The van der Waals surface area contributed by atoms with Crippen LogP contribution in [0.2, 0.25) is 5.02 Å². The molecule has 2 aromatic carbocycles. The molecule has 1 heterocycles. The maximum atomic E-state index is 13.2. The van der Waals surface area contributed by atoms with E-state index in [0.717, 1.165) is 29.7 Å². The summed E-state index contributed by atoms with van der Waals surface area (Å²) in [6.45, 7) is 0. The molecule has 4 heteroatoms. The highest BCUT2D eigenvalue weighted by molar-refractivity contribution is 6.30. The second-order valence-electron chi connectivity index (χ2n) is 6.43. The lowest BCUT2D eigenvalue weighted by atomic mass is 9.94. The van der Waals surface area contributed by atoms with Gasteiger partial charge in [0.2, 0.25) is 0 Å². The van der Waals surface area contributed by atoms with Crippen molar-refractivity contribution >= 4 is 22.5 Å². The van der Waals surface area contributed by atoms with Crippen molar-refractivity contribution in [3.8, 4) is 11.4 Å². The molecule has 1 saturated carbocycles. The standard InChI is InChI=1S/C20H19ClN2O/c21-15-12-10-14(11-13-15)19-22-18-9-5-4-8-17(18)20(24)23(19)16-6-2-1-3-7-16/h4-5,8-13,16H,1-3,6-7H2. The summed E-state index contributed by atoms with van der Waals surface area (Å²) in [5.74, 6) is 0.752. The number of hydrogen-bond donors (Lipinski definition) is 0. The van der Waals surface area contributed by atoms with Crippen LogP contribution in [0.5, 0.6) is 0 Å². The Morgan fingerprint density at radius 1 is 0.958 bits per heavy atom. The summed E-state index contributed by atoms with van der Waals surface area (Å²) in [6, 6.07) is 15.4. The van der Waals surface area contributed by atoms with E-state index < -0.39 is 0 Å². The van der Waals surface area contributed by atoms with Crippen molar-refractivity contribution < 1.29 is 0 Å². The van der Waals surface area contributed by atoms with Crippen LogP contribution in [0.15, 0.2) is 53.3 Å². The fourth-order valence-corrected chi connectivity index (χ4v) is 3.75. The van der Waals surface area contributed by atoms with Crippen LogP contribution in [0.1, 0.15) is 38.1 Å². The number of nitrogens with zero attached hydrogens (tertiary/aromatic N) is 2. The molecule has 0 atom stereocenters. The molecule has 0 spiro atoms. The van der Waals surface area contributed by atoms with Gasteiger partial charge in [0.15, 0.2) is 0 Å². The van der Waals surface area contributed by atoms with Crippen molar-refractivity contribution in [2.45, 2.75) is 38.1 Å². The zero-order valence-corrected chi connectivity index (χ0v) is 14.2. The lowest BCUT2D eigenvalue weighted by Crippen LogP contribution is -2.29. The predicted molar refractivity (Wildman–Crippen MR) is 98.6 cm³/mol. The number of halogens is 1. The van der Waals surface area contributed by atoms with Crippen molar-refractivity contribution in [2.24, 2.45) is 0 Å². The van der Waals surface area contributed by atoms with E-state index in [4.69, 9.17) is 16.6 Å². The van der Waals surface area contributed by atoms with Crippen LogP contribution in [-0.4, -0.2) is 9.55 Å². The van der Waals surface area contributed by atoms with Gasteiger partial charge in [-0.1, -0.05) is 43.0 Å². The van der Waals surface area contributed by atoms with E-state index in [1.807, 2.05) is 53.1 Å². The fourth-order valence-electron chi connectivity index (χ4n) is 3.63. The van der Waals surface area contributed by atoms with E-state index >= 15 is 0 Å². The summed E-state index contributed by atoms with van der Waals surface area (Å²) in [6.07, 6.45) is 5.68. The van der Waals surface area contributed by atoms with Crippen molar-refractivity contribution in [1.29, 1.82) is 0 Å². The molecule has 0 saturated heterocycles. The first-order chi connectivity index (χ1) is 11.7. The molecule has 0 bridgehead atoms. The second kappa shape index (κ2) is 6.40. The van der Waals surface area contributed by atoms with Crippen LogP contribution < -0.4 is 5.56 Å². The maximum absolute atomic E-state index is 13.2. The summed E-state index contributed by atoms with van der Waals surface area (Å²) >= 11 is 6.02. The van der Waals surface area contributed by atoms with Gasteiger partial charge < -0.3 is 0 Å². The average molecular weight is 339 g/mol. The zero-order valence-electron chi connectivity index (χ0n) is 13.4. The van der Waals surface area contributed by atoms with Gasteiger partial charge in [0, 0.05) is 16.6 Å². The van der Waals surface area contributed by atoms with Gasteiger partial charge in [0.05, 0.1) is 10.9 Å². The summed E-state index contributed by atoms with van der Waals surface area (Å²) in [7, 11) is 0. The van der Waals surface area contributed by atoms with E-state index in [2.05, 4.69) is 0 Å². The van der Waals surface area contributed by atoms with E-state index in [9.17, 15) is 4.79 Å². The van der Waals surface area contributed by atoms with Crippen LogP contribution in [0.4, 0.5) is 0 Å². The Bertz CT molecular complexity index is 925. The summed E-state index contributed by atoms with van der Waals surface area (Å²) in [4.78, 5) is 18.0. The SMILES string of the molecule is O=c1c2ccccc2nc(-c2ccc(Cl)cc2)n1C1CCCCC1. The van der Waals surface area contributed by atoms with E-state index in [-0.39, 0.29) is 11.6 Å². The second-order valence-corrected chi connectivity index (χ2v) is 6.86. The topological polar surface area (TPSA) is 34.9 Å². The lowest BCUT2D eigenvalue weighted by molar-refractivity contribution is 0.348. The van der Waals surface area contributed by atoms with Crippen LogP contribution in [0.25, 0.3) is 22.3 Å². The molecule has 0 aliphatic heterocycles. The minimum Gasteiger partial charge on any atom is -0.289 e. The van der Waals surface area contributed by atoms with Gasteiger partial charge in [-0.3, -0.25) is 9.36 Å². The molecule has 1 aromatic heterocycles. The monoisotopic (exact) mass is 338 g/mol. The molecule has 4 rings (SSSR count). The first-order valence-corrected chi connectivity index (χ1v) is 8.89. The van der Waals surface area contributed by atoms with Crippen molar-refractivity contribution in [1.82, 2.24) is 9.55 Å². The van der Waals surface area contributed by atoms with Crippen molar-refractivity contribution in [3.63, 3.8) is 0 Å². The molecule has 3 aromatic rings. The van der Waals surface area contributed by atoms with Crippen molar-refractivity contribution in [2.75, 3.05) is 0 Å². The zero-order chi connectivity index (χ0) is 16.5. The minimum absolute atomic E-state index is 0.0671. The molecule has 3 nitrogen and oxygen atoms in total. The van der Waals surface area contributed by atoms with Gasteiger partial charge in [-0.25, -0.2) is 4.98 Å². The van der Waals surface area contributed by atoms with Crippen LogP contribution in [0, 0.1) is 0 Å². The number of benzene rings is 2. The van der Waals surface area contributed by atoms with Gasteiger partial charge in [-0.15, -0.1) is 0 Å². The van der Waals surface area contributed by atoms with Crippen LogP contribution in [-0.2, 0) is 0 Å². The molecule has 1 aliphatic rings. The van der Waals surface area contributed by atoms with Crippen molar-refractivity contribution in [3.05, 3.63) is 63.9 Å². The Morgan fingerprint density at radius 2 is 1.67 bits per heavy atom. The van der Waals surface area contributed by atoms with Gasteiger partial charge in [0.25, 0.3) is 5.56 Å². The first kappa shape index (κ1) is 15.4. The summed E-state index contributed by atoms with van der Waals surface area (Å²) in [5.41, 5.74) is 1.75. The molecule has 1 aliphatic carbocycles. The summed E-state index contributed by atoms with van der Waals surface area (Å²) in [5, 5.41) is 1.38. The Kier molecular flexibility index (Phi) is 4.11. The Labute approximate surface area is 145 Å². The maximum Gasteiger partial charge on any atom is 0.261 e. The highest BCUT2D eigenvalue weighted by Crippen LogP contribution is 2.31. The van der Waals surface area contributed by atoms with Crippen LogP contribution >= 0.6 is 11.6 Å². The van der Waals surface area contributed by atoms with Gasteiger partial charge >= 0.3 is 0 Å². The molecule has 0 N–H and O–H groups in total. The third-order valence-electron chi connectivity index (χ3n) is 4.85. The normalized spacial score (nSPS) is 15.7. The Morgan fingerprint density at radius 3 is 2.42 bits per heavy atom. The molecule has 0 unspecified atom stereocenters. The third kappa shape index (κ3) is 2.73. The number of hydrogen-bond acceptors (Lipinski definition) is 2. The van der Waals surface area contributed by atoms with Crippen LogP contribution in [0.3, 0.4) is 0 Å². The number of fused-ring (bicyclic) bond motifs is 1. The highest BCUT2D eigenvalue weighted by atomic mass is 35.5. The molecule has 0 radical (unpaired) electrons. The number of para-hydroxylation sites is 1. The van der Waals surface area contributed by atoms with Gasteiger partial charge in [0.1, 0.15) is 5.82 Å². The minimum atomic E-state index is 0.0671. The smallest absolute Gasteiger partial charge is 0.261 e. The molecule has 122 valence electrons. The fraction of sp³-hybridized carbons (Fsp3) is 0.300. The molecular formula is C20H19ClN2O. The largest absolute Gasteiger partial charge is 0.289 e. The average Bonchev–Trinajstić information content (AvgIpc) is 2.63. The summed E-state index contributed by atoms with van der Waals surface area (Å²) < 4.78 is 1.92. The lowest BCUT2D eigenvalue weighted by Gasteiger charge is -2.26. The van der Waals surface area contributed by atoms with E-state index in [0.29, 0.717) is 10.4 Å². The molecule has 24 heavy (non-hydrogen) atoms. The van der Waals surface area contributed by atoms with Gasteiger partial charge in [-0.2, -0.15) is 0 Å². The molecular weight excluding hydrogens is 320 g/mol. The quantitative estimate of drug-likeness (QED) is 0.642. The third-order valence-corrected chi connectivity index (χ3v) is 5.10. The molecule has 0 amide bonds.